The summed E-state index contributed by atoms with van der Waals surface area (Å²) in [5.74, 6) is 0. The maximum absolute atomic E-state index is 5.50. The van der Waals surface area contributed by atoms with E-state index < -0.39 is 0 Å². The smallest absolute Gasteiger partial charge is 0.134 e. The minimum Gasteiger partial charge on any atom is -0.464 e. The third kappa shape index (κ3) is 1.31. The summed E-state index contributed by atoms with van der Waals surface area (Å²) >= 11 is 0. The van der Waals surface area contributed by atoms with E-state index in [2.05, 4.69) is 0 Å². The lowest BCUT2D eigenvalue weighted by atomic mass is 10.2. The summed E-state index contributed by atoms with van der Waals surface area (Å²) in [7, 11) is 0. The maximum atomic E-state index is 5.50. The Bertz CT molecular complexity index is 369. The molecule has 2 rings (SSSR count). The van der Waals surface area contributed by atoms with Crippen LogP contribution >= 0.6 is 12.4 Å². The van der Waals surface area contributed by atoms with Gasteiger partial charge in [-0.15, -0.1) is 12.4 Å². The van der Waals surface area contributed by atoms with Crippen molar-refractivity contribution in [3.63, 3.8) is 0 Å². The van der Waals surface area contributed by atoms with E-state index in [0.717, 1.165) is 16.5 Å². The summed E-state index contributed by atoms with van der Waals surface area (Å²) < 4.78 is 5.26. The molecule has 2 N–H and O–H groups in total. The average Bonchev–Trinajstić information content (AvgIpc) is 2.47. The van der Waals surface area contributed by atoms with E-state index in [-0.39, 0.29) is 12.4 Å². The standard InChI is InChI=1S/C9H9NO.ClH/c10-5-7-6-11-9-4-2-1-3-8(7)9;/h1-4,6H,5,10H2;1H. The molecule has 0 aliphatic carbocycles. The summed E-state index contributed by atoms with van der Waals surface area (Å²) in [6.45, 7) is 0.539. The zero-order valence-corrected chi connectivity index (χ0v) is 7.30. The lowest BCUT2D eigenvalue weighted by Gasteiger charge is -1.88. The van der Waals surface area contributed by atoms with E-state index in [0.29, 0.717) is 6.54 Å². The van der Waals surface area contributed by atoms with Gasteiger partial charge in [-0.05, 0) is 6.07 Å². The Morgan fingerprint density at radius 2 is 2.00 bits per heavy atom. The molecule has 0 unspecified atom stereocenters. The molecular formula is C9H10ClNO. The first-order chi connectivity index (χ1) is 5.42. The summed E-state index contributed by atoms with van der Waals surface area (Å²) in [4.78, 5) is 0. The number of rotatable bonds is 1. The van der Waals surface area contributed by atoms with Crippen LogP contribution in [0.2, 0.25) is 0 Å². The third-order valence-electron chi connectivity index (χ3n) is 1.78. The van der Waals surface area contributed by atoms with Crippen LogP contribution in [0.1, 0.15) is 5.56 Å². The molecule has 64 valence electrons. The van der Waals surface area contributed by atoms with E-state index in [9.17, 15) is 0 Å². The Balaban J connectivity index is 0.000000720. The van der Waals surface area contributed by atoms with Crippen molar-refractivity contribution in [2.24, 2.45) is 5.73 Å². The fraction of sp³-hybridized carbons (Fsp3) is 0.111. The number of benzene rings is 1. The van der Waals surface area contributed by atoms with E-state index in [4.69, 9.17) is 10.2 Å². The van der Waals surface area contributed by atoms with Gasteiger partial charge < -0.3 is 10.2 Å². The van der Waals surface area contributed by atoms with Crippen LogP contribution in [0, 0.1) is 0 Å². The van der Waals surface area contributed by atoms with E-state index >= 15 is 0 Å². The van der Waals surface area contributed by atoms with E-state index in [1.165, 1.54) is 0 Å². The van der Waals surface area contributed by atoms with Gasteiger partial charge in [0, 0.05) is 17.5 Å². The Kier molecular flexibility index (Phi) is 2.74. The molecule has 0 aliphatic rings. The van der Waals surface area contributed by atoms with Gasteiger partial charge in [-0.1, -0.05) is 18.2 Å². The molecular weight excluding hydrogens is 174 g/mol. The van der Waals surface area contributed by atoms with E-state index in [1.54, 1.807) is 6.26 Å². The zero-order valence-electron chi connectivity index (χ0n) is 6.49. The lowest BCUT2D eigenvalue weighted by Crippen LogP contribution is -1.93. The molecule has 1 heterocycles. The van der Waals surface area contributed by atoms with Crippen molar-refractivity contribution < 1.29 is 4.42 Å². The molecule has 1 aromatic heterocycles. The number of nitrogens with two attached hydrogens (primary N) is 1. The molecule has 12 heavy (non-hydrogen) atoms. The molecule has 0 amide bonds. The second-order valence-corrected chi connectivity index (χ2v) is 2.46. The predicted molar refractivity (Wildman–Crippen MR) is 51.4 cm³/mol. The Morgan fingerprint density at radius 1 is 1.25 bits per heavy atom. The van der Waals surface area contributed by atoms with Crippen LogP contribution in [0.4, 0.5) is 0 Å². The molecule has 0 radical (unpaired) electrons. The van der Waals surface area contributed by atoms with Gasteiger partial charge in [0.05, 0.1) is 6.26 Å². The molecule has 0 saturated carbocycles. The van der Waals surface area contributed by atoms with Gasteiger partial charge in [0.25, 0.3) is 0 Å². The van der Waals surface area contributed by atoms with Crippen molar-refractivity contribution in [2.45, 2.75) is 6.54 Å². The van der Waals surface area contributed by atoms with Crippen LogP contribution in [0.15, 0.2) is 34.9 Å². The highest BCUT2D eigenvalue weighted by Crippen LogP contribution is 2.19. The number of fused-ring (bicyclic) bond motifs is 1. The van der Waals surface area contributed by atoms with Gasteiger partial charge in [-0.3, -0.25) is 0 Å². The van der Waals surface area contributed by atoms with Crippen LogP contribution in [-0.2, 0) is 6.54 Å². The highest BCUT2D eigenvalue weighted by Gasteiger charge is 2.00. The molecule has 0 atom stereocenters. The Labute approximate surface area is 76.8 Å². The highest BCUT2D eigenvalue weighted by atomic mass is 35.5. The largest absolute Gasteiger partial charge is 0.464 e. The fourth-order valence-corrected chi connectivity index (χ4v) is 1.19. The molecule has 0 saturated heterocycles. The number of hydrogen-bond donors (Lipinski definition) is 1. The van der Waals surface area contributed by atoms with Gasteiger partial charge in [0.2, 0.25) is 0 Å². The summed E-state index contributed by atoms with van der Waals surface area (Å²) in [6.07, 6.45) is 1.71. The second-order valence-electron chi connectivity index (χ2n) is 2.46. The first-order valence-electron chi connectivity index (χ1n) is 3.57. The van der Waals surface area contributed by atoms with E-state index in [1.807, 2.05) is 24.3 Å². The lowest BCUT2D eigenvalue weighted by molar-refractivity contribution is 0.610. The first kappa shape index (κ1) is 9.10. The monoisotopic (exact) mass is 183 g/mol. The number of hydrogen-bond acceptors (Lipinski definition) is 2. The molecule has 0 aliphatic heterocycles. The first-order valence-corrected chi connectivity index (χ1v) is 3.57. The summed E-state index contributed by atoms with van der Waals surface area (Å²) in [5, 5.41) is 1.12. The van der Waals surface area contributed by atoms with Crippen molar-refractivity contribution >= 4 is 23.4 Å². The van der Waals surface area contributed by atoms with Crippen molar-refractivity contribution in [3.8, 4) is 0 Å². The maximum Gasteiger partial charge on any atom is 0.134 e. The fourth-order valence-electron chi connectivity index (χ4n) is 1.19. The van der Waals surface area contributed by atoms with Crippen LogP contribution in [0.3, 0.4) is 0 Å². The average molecular weight is 184 g/mol. The molecule has 0 fully saturated rings. The van der Waals surface area contributed by atoms with Gasteiger partial charge in [-0.25, -0.2) is 0 Å². The molecule has 0 spiro atoms. The zero-order chi connectivity index (χ0) is 7.68. The Morgan fingerprint density at radius 3 is 2.75 bits per heavy atom. The number of furan rings is 1. The van der Waals surface area contributed by atoms with Gasteiger partial charge in [-0.2, -0.15) is 0 Å². The van der Waals surface area contributed by atoms with Gasteiger partial charge >= 0.3 is 0 Å². The molecule has 2 aromatic rings. The minimum atomic E-state index is 0. The predicted octanol–water partition coefficient (Wildman–Crippen LogP) is 2.31. The normalized spacial score (nSPS) is 9.75. The van der Waals surface area contributed by atoms with Crippen molar-refractivity contribution in [3.05, 3.63) is 36.1 Å². The molecule has 0 bridgehead atoms. The van der Waals surface area contributed by atoms with Gasteiger partial charge in [0.1, 0.15) is 5.58 Å². The van der Waals surface area contributed by atoms with Crippen LogP contribution in [0.5, 0.6) is 0 Å². The molecule has 1 aromatic carbocycles. The SMILES string of the molecule is Cl.NCc1coc2ccccc12. The molecule has 3 heteroatoms. The van der Waals surface area contributed by atoms with Crippen LogP contribution in [0.25, 0.3) is 11.0 Å². The number of halogens is 1. The Hall–Kier alpha value is -0.990. The second kappa shape index (κ2) is 3.61. The quantitative estimate of drug-likeness (QED) is 0.737. The number of para-hydroxylation sites is 1. The van der Waals surface area contributed by atoms with Crippen molar-refractivity contribution in [1.29, 1.82) is 0 Å². The topological polar surface area (TPSA) is 39.2 Å². The van der Waals surface area contributed by atoms with Crippen LogP contribution in [-0.4, -0.2) is 0 Å². The van der Waals surface area contributed by atoms with Crippen molar-refractivity contribution in [1.82, 2.24) is 0 Å². The third-order valence-corrected chi connectivity index (χ3v) is 1.78. The van der Waals surface area contributed by atoms with Gasteiger partial charge in [0.15, 0.2) is 0 Å². The van der Waals surface area contributed by atoms with Crippen LogP contribution < -0.4 is 5.73 Å². The molecule has 2 nitrogen and oxygen atoms in total. The summed E-state index contributed by atoms with van der Waals surface area (Å²) in [5.41, 5.74) is 7.48. The minimum absolute atomic E-state index is 0. The van der Waals surface area contributed by atoms with Crippen molar-refractivity contribution in [2.75, 3.05) is 0 Å². The highest BCUT2D eigenvalue weighted by molar-refractivity contribution is 5.85. The summed E-state index contributed by atoms with van der Waals surface area (Å²) in [6, 6.07) is 7.89.